The number of hydrogen-bond acceptors (Lipinski definition) is 4. The first-order valence-corrected chi connectivity index (χ1v) is 6.77. The van der Waals surface area contributed by atoms with Crippen molar-refractivity contribution in [2.75, 3.05) is 40.0 Å². The number of nitrogens with two attached hydrogens (primary N) is 1. The van der Waals surface area contributed by atoms with Crippen LogP contribution in [0.3, 0.4) is 0 Å². The van der Waals surface area contributed by atoms with Gasteiger partial charge in [0.25, 0.3) is 0 Å². The molecule has 3 unspecified atom stereocenters. The van der Waals surface area contributed by atoms with Crippen molar-refractivity contribution in [3.8, 4) is 0 Å². The Hall–Kier alpha value is -0.160. The second-order valence-electron chi connectivity index (χ2n) is 4.92. The highest BCUT2D eigenvalue weighted by Gasteiger charge is 2.29. The molecule has 4 nitrogen and oxygen atoms in total. The third-order valence-corrected chi connectivity index (χ3v) is 3.75. The Labute approximate surface area is 105 Å². The quantitative estimate of drug-likeness (QED) is 0.728. The van der Waals surface area contributed by atoms with E-state index in [1.807, 2.05) is 0 Å². The van der Waals surface area contributed by atoms with E-state index in [9.17, 15) is 0 Å². The van der Waals surface area contributed by atoms with Crippen LogP contribution in [0.2, 0.25) is 0 Å². The van der Waals surface area contributed by atoms with Gasteiger partial charge < -0.3 is 15.2 Å². The normalized spacial score (nSPS) is 24.9. The van der Waals surface area contributed by atoms with Gasteiger partial charge in [-0.2, -0.15) is 0 Å². The monoisotopic (exact) mass is 244 g/mol. The average Bonchev–Trinajstić information content (AvgIpc) is 2.37. The number of methoxy groups -OCH3 is 1. The summed E-state index contributed by atoms with van der Waals surface area (Å²) in [6.07, 6.45) is 2.40. The minimum absolute atomic E-state index is 0.417. The van der Waals surface area contributed by atoms with Gasteiger partial charge >= 0.3 is 0 Å². The van der Waals surface area contributed by atoms with Gasteiger partial charge in [-0.05, 0) is 32.2 Å². The maximum atomic E-state index is 5.98. The van der Waals surface area contributed by atoms with Crippen LogP contribution in [0, 0.1) is 5.92 Å². The lowest BCUT2D eigenvalue weighted by molar-refractivity contribution is -0.00880. The van der Waals surface area contributed by atoms with E-state index in [1.165, 1.54) is 6.42 Å². The summed E-state index contributed by atoms with van der Waals surface area (Å²) in [5, 5.41) is 0. The lowest BCUT2D eigenvalue weighted by Gasteiger charge is -2.40. The zero-order chi connectivity index (χ0) is 12.7. The van der Waals surface area contributed by atoms with Crippen LogP contribution in [-0.4, -0.2) is 57.0 Å². The van der Waals surface area contributed by atoms with E-state index in [1.54, 1.807) is 7.11 Å². The van der Waals surface area contributed by atoms with Gasteiger partial charge in [0.1, 0.15) is 0 Å². The first-order valence-electron chi connectivity index (χ1n) is 6.77. The molecule has 0 saturated carbocycles. The van der Waals surface area contributed by atoms with E-state index in [-0.39, 0.29) is 0 Å². The number of likely N-dealkylation sites (N-methyl/N-ethyl adjacent to an activating group) is 1. The molecule has 3 atom stereocenters. The van der Waals surface area contributed by atoms with Crippen LogP contribution in [0.1, 0.15) is 26.7 Å². The van der Waals surface area contributed by atoms with E-state index in [2.05, 4.69) is 18.7 Å². The largest absolute Gasteiger partial charge is 0.383 e. The van der Waals surface area contributed by atoms with Crippen molar-refractivity contribution in [1.29, 1.82) is 0 Å². The van der Waals surface area contributed by atoms with E-state index >= 15 is 0 Å². The van der Waals surface area contributed by atoms with Crippen molar-refractivity contribution in [3.63, 3.8) is 0 Å². The molecule has 1 aliphatic heterocycles. The first-order chi connectivity index (χ1) is 8.24. The summed E-state index contributed by atoms with van der Waals surface area (Å²) in [5.74, 6) is 0.577. The molecule has 0 bridgehead atoms. The molecule has 0 aromatic heterocycles. The predicted octanol–water partition coefficient (Wildman–Crippen LogP) is 1.10. The smallest absolute Gasteiger partial charge is 0.0615 e. The third kappa shape index (κ3) is 4.21. The molecule has 1 fully saturated rings. The summed E-state index contributed by atoms with van der Waals surface area (Å²) in [4.78, 5) is 2.46. The van der Waals surface area contributed by atoms with Gasteiger partial charge in [0, 0.05) is 32.3 Å². The van der Waals surface area contributed by atoms with Gasteiger partial charge in [0.15, 0.2) is 0 Å². The molecule has 1 saturated heterocycles. The topological polar surface area (TPSA) is 47.7 Å². The Morgan fingerprint density at radius 3 is 2.76 bits per heavy atom. The van der Waals surface area contributed by atoms with E-state index < -0.39 is 0 Å². The van der Waals surface area contributed by atoms with Crippen LogP contribution < -0.4 is 5.73 Å². The van der Waals surface area contributed by atoms with Gasteiger partial charge in [-0.25, -0.2) is 0 Å². The standard InChI is InChI=1S/C13H28N2O2/c1-4-15(11(2)9-16-3)13(8-14)12-6-5-7-17-10-12/h11-13H,4-10,14H2,1-3H3. The zero-order valence-electron chi connectivity index (χ0n) is 11.5. The van der Waals surface area contributed by atoms with Crippen molar-refractivity contribution in [3.05, 3.63) is 0 Å². The third-order valence-electron chi connectivity index (χ3n) is 3.75. The minimum Gasteiger partial charge on any atom is -0.383 e. The first kappa shape index (κ1) is 14.9. The second kappa shape index (κ2) is 8.03. The molecule has 0 aliphatic carbocycles. The predicted molar refractivity (Wildman–Crippen MR) is 70.1 cm³/mol. The van der Waals surface area contributed by atoms with Crippen LogP contribution >= 0.6 is 0 Å². The van der Waals surface area contributed by atoms with Crippen LogP contribution in [0.4, 0.5) is 0 Å². The molecule has 0 aromatic carbocycles. The van der Waals surface area contributed by atoms with Gasteiger partial charge in [-0.15, -0.1) is 0 Å². The highest BCUT2D eigenvalue weighted by atomic mass is 16.5. The molecule has 0 spiro atoms. The Balaban J connectivity index is 2.60. The molecule has 0 amide bonds. The molecule has 1 aliphatic rings. The summed E-state index contributed by atoms with van der Waals surface area (Å²) >= 11 is 0. The molecule has 1 rings (SSSR count). The van der Waals surface area contributed by atoms with E-state index in [0.29, 0.717) is 24.5 Å². The lowest BCUT2D eigenvalue weighted by Crippen LogP contribution is -2.52. The van der Waals surface area contributed by atoms with Crippen molar-refractivity contribution in [2.24, 2.45) is 11.7 Å². The van der Waals surface area contributed by atoms with Crippen molar-refractivity contribution in [1.82, 2.24) is 4.90 Å². The summed E-state index contributed by atoms with van der Waals surface area (Å²) in [7, 11) is 1.76. The van der Waals surface area contributed by atoms with Crippen molar-refractivity contribution < 1.29 is 9.47 Å². The fraction of sp³-hybridized carbons (Fsp3) is 1.00. The fourth-order valence-corrected chi connectivity index (χ4v) is 2.88. The van der Waals surface area contributed by atoms with Gasteiger partial charge in [-0.3, -0.25) is 4.90 Å². The SMILES string of the molecule is CCN(C(C)COC)C(CN)C1CCCOC1. The minimum atomic E-state index is 0.417. The Morgan fingerprint density at radius 1 is 1.53 bits per heavy atom. The fourth-order valence-electron chi connectivity index (χ4n) is 2.88. The Kier molecular flexibility index (Phi) is 7.04. The van der Waals surface area contributed by atoms with Gasteiger partial charge in [0.2, 0.25) is 0 Å². The summed E-state index contributed by atoms with van der Waals surface area (Å²) in [6.45, 7) is 8.65. The number of rotatable bonds is 7. The number of hydrogen-bond donors (Lipinski definition) is 1. The molecule has 4 heteroatoms. The van der Waals surface area contributed by atoms with Crippen LogP contribution in [0.25, 0.3) is 0 Å². The summed E-state index contributed by atoms with van der Waals surface area (Å²) in [5.41, 5.74) is 5.98. The maximum absolute atomic E-state index is 5.98. The highest BCUT2D eigenvalue weighted by Crippen LogP contribution is 2.22. The van der Waals surface area contributed by atoms with Gasteiger partial charge in [-0.1, -0.05) is 6.92 Å². The molecule has 1 heterocycles. The maximum Gasteiger partial charge on any atom is 0.0615 e. The molecular formula is C13H28N2O2. The molecule has 0 radical (unpaired) electrons. The molecular weight excluding hydrogens is 216 g/mol. The Morgan fingerprint density at radius 2 is 2.29 bits per heavy atom. The van der Waals surface area contributed by atoms with Crippen LogP contribution in [-0.2, 0) is 9.47 Å². The number of ether oxygens (including phenoxy) is 2. The molecule has 0 aromatic rings. The number of nitrogens with zero attached hydrogens (tertiary/aromatic N) is 1. The van der Waals surface area contributed by atoms with Crippen LogP contribution in [0.15, 0.2) is 0 Å². The molecule has 102 valence electrons. The highest BCUT2D eigenvalue weighted by molar-refractivity contribution is 4.84. The van der Waals surface area contributed by atoms with Crippen molar-refractivity contribution >= 4 is 0 Å². The summed E-state index contributed by atoms with van der Waals surface area (Å²) in [6, 6.07) is 0.839. The van der Waals surface area contributed by atoms with E-state index in [4.69, 9.17) is 15.2 Å². The lowest BCUT2D eigenvalue weighted by atomic mass is 9.91. The second-order valence-corrected chi connectivity index (χ2v) is 4.92. The van der Waals surface area contributed by atoms with Crippen LogP contribution in [0.5, 0.6) is 0 Å². The van der Waals surface area contributed by atoms with Crippen molar-refractivity contribution in [2.45, 2.75) is 38.8 Å². The molecule has 2 N–H and O–H groups in total. The molecule has 17 heavy (non-hydrogen) atoms. The van der Waals surface area contributed by atoms with E-state index in [0.717, 1.165) is 32.8 Å². The average molecular weight is 244 g/mol. The van der Waals surface area contributed by atoms with Gasteiger partial charge in [0.05, 0.1) is 13.2 Å². The zero-order valence-corrected chi connectivity index (χ0v) is 11.5. The Bertz CT molecular complexity index is 196. The summed E-state index contributed by atoms with van der Waals surface area (Å²) < 4.78 is 10.8.